The van der Waals surface area contributed by atoms with Gasteiger partial charge in [0, 0.05) is 13.1 Å². The van der Waals surface area contributed by atoms with Gasteiger partial charge in [0.2, 0.25) is 0 Å². The number of imidazole rings is 1. The third-order valence-corrected chi connectivity index (χ3v) is 6.14. The molecular weight excluding hydrogens is 470 g/mol. The number of amides is 1. The van der Waals surface area contributed by atoms with E-state index in [2.05, 4.69) is 9.97 Å². The minimum absolute atomic E-state index is 0.0851. The van der Waals surface area contributed by atoms with Crippen LogP contribution < -0.4 is 4.74 Å². The molecule has 1 aliphatic heterocycles. The van der Waals surface area contributed by atoms with Crippen molar-refractivity contribution in [3.8, 4) is 5.75 Å². The van der Waals surface area contributed by atoms with Crippen molar-refractivity contribution in [2.75, 3.05) is 33.4 Å². The maximum atomic E-state index is 13.5. The third kappa shape index (κ3) is 5.70. The molecule has 37 heavy (non-hydrogen) atoms. The number of nitrogens with zero attached hydrogens (tertiary/aromatic N) is 2. The normalized spacial score (nSPS) is 14.0. The van der Waals surface area contributed by atoms with Crippen molar-refractivity contribution in [1.82, 2.24) is 14.9 Å². The molecule has 0 radical (unpaired) electrons. The molecule has 3 aromatic carbocycles. The number of carbonyl (C=O) groups is 2. The van der Waals surface area contributed by atoms with Gasteiger partial charge in [-0.2, -0.15) is 0 Å². The monoisotopic (exact) mass is 497 g/mol. The highest BCUT2D eigenvalue weighted by Gasteiger charge is 2.24. The predicted molar refractivity (Wildman–Crippen MR) is 140 cm³/mol. The summed E-state index contributed by atoms with van der Waals surface area (Å²) in [6.45, 7) is 2.50. The number of esters is 1. The summed E-state index contributed by atoms with van der Waals surface area (Å²) in [5.41, 5.74) is 4.46. The highest BCUT2D eigenvalue weighted by atomic mass is 16.5. The Morgan fingerprint density at radius 1 is 1.00 bits per heavy atom. The molecule has 1 saturated heterocycles. The molecule has 2 heterocycles. The lowest BCUT2D eigenvalue weighted by molar-refractivity contribution is -0.128. The summed E-state index contributed by atoms with van der Waals surface area (Å²) in [4.78, 5) is 34.8. The SMILES string of the molecule is COC(=O)c1ccc(COc2ccc(C=C(C(=O)N3CCOCC3)c3nc4ccccc4[nH]3)cc2)cc1. The number of ether oxygens (including phenoxy) is 3. The quantitative estimate of drug-likeness (QED) is 0.302. The molecule has 0 unspecified atom stereocenters. The van der Waals surface area contributed by atoms with Crippen molar-refractivity contribution in [1.29, 1.82) is 0 Å². The highest BCUT2D eigenvalue weighted by molar-refractivity contribution is 6.23. The number of fused-ring (bicyclic) bond motifs is 1. The lowest BCUT2D eigenvalue weighted by Gasteiger charge is -2.27. The van der Waals surface area contributed by atoms with E-state index in [4.69, 9.17) is 14.2 Å². The second-order valence-electron chi connectivity index (χ2n) is 8.61. The Labute approximate surface area is 214 Å². The van der Waals surface area contributed by atoms with Gasteiger partial charge >= 0.3 is 5.97 Å². The number of nitrogens with one attached hydrogen (secondary N) is 1. The lowest BCUT2D eigenvalue weighted by atomic mass is 10.1. The first-order chi connectivity index (χ1) is 18.1. The Morgan fingerprint density at radius 3 is 2.43 bits per heavy atom. The molecule has 0 aliphatic carbocycles. The van der Waals surface area contributed by atoms with Crippen LogP contribution in [0.15, 0.2) is 72.8 Å². The smallest absolute Gasteiger partial charge is 0.337 e. The first-order valence-electron chi connectivity index (χ1n) is 12.0. The number of carbonyl (C=O) groups excluding carboxylic acids is 2. The molecule has 0 spiro atoms. The Morgan fingerprint density at radius 2 is 1.73 bits per heavy atom. The average Bonchev–Trinajstić information content (AvgIpc) is 3.39. The van der Waals surface area contributed by atoms with E-state index in [1.807, 2.05) is 66.7 Å². The first kappa shape index (κ1) is 24.3. The fourth-order valence-electron chi connectivity index (χ4n) is 4.10. The van der Waals surface area contributed by atoms with E-state index in [0.29, 0.717) is 55.6 Å². The second kappa shape index (κ2) is 11.1. The Hall–Kier alpha value is -4.43. The molecule has 0 saturated carbocycles. The molecule has 1 aliphatic rings. The van der Waals surface area contributed by atoms with Gasteiger partial charge in [0.1, 0.15) is 18.2 Å². The number of benzene rings is 3. The first-order valence-corrected chi connectivity index (χ1v) is 12.0. The number of hydrogen-bond acceptors (Lipinski definition) is 6. The number of hydrogen-bond donors (Lipinski definition) is 1. The van der Waals surface area contributed by atoms with Crippen LogP contribution in [0.4, 0.5) is 0 Å². The second-order valence-corrected chi connectivity index (χ2v) is 8.61. The van der Waals surface area contributed by atoms with Crippen LogP contribution in [0.25, 0.3) is 22.7 Å². The summed E-state index contributed by atoms with van der Waals surface area (Å²) in [6.07, 6.45) is 1.85. The fourth-order valence-corrected chi connectivity index (χ4v) is 4.10. The number of H-pyrrole nitrogens is 1. The van der Waals surface area contributed by atoms with Crippen molar-refractivity contribution in [2.45, 2.75) is 6.61 Å². The Balaban J connectivity index is 1.34. The maximum Gasteiger partial charge on any atom is 0.337 e. The molecule has 4 aromatic rings. The van der Waals surface area contributed by atoms with E-state index in [1.165, 1.54) is 7.11 Å². The van der Waals surface area contributed by atoms with Crippen molar-refractivity contribution >= 4 is 34.6 Å². The van der Waals surface area contributed by atoms with E-state index in [9.17, 15) is 9.59 Å². The molecule has 8 nitrogen and oxygen atoms in total. The zero-order valence-electron chi connectivity index (χ0n) is 20.5. The molecule has 1 fully saturated rings. The van der Waals surface area contributed by atoms with Gasteiger partial charge in [-0.25, -0.2) is 9.78 Å². The molecule has 1 aromatic heterocycles. The van der Waals surface area contributed by atoms with Gasteiger partial charge in [0.25, 0.3) is 5.91 Å². The van der Waals surface area contributed by atoms with E-state index < -0.39 is 0 Å². The van der Waals surface area contributed by atoms with E-state index >= 15 is 0 Å². The van der Waals surface area contributed by atoms with Crippen molar-refractivity contribution < 1.29 is 23.8 Å². The molecule has 1 N–H and O–H groups in total. The van der Waals surface area contributed by atoms with Crippen LogP contribution in [0.1, 0.15) is 27.3 Å². The summed E-state index contributed by atoms with van der Waals surface area (Å²) >= 11 is 0. The van der Waals surface area contributed by atoms with E-state index in [1.54, 1.807) is 17.0 Å². The lowest BCUT2D eigenvalue weighted by Crippen LogP contribution is -2.41. The summed E-state index contributed by atoms with van der Waals surface area (Å²) in [5.74, 6) is 0.774. The van der Waals surface area contributed by atoms with Crippen LogP contribution in [0.3, 0.4) is 0 Å². The van der Waals surface area contributed by atoms with Crippen LogP contribution in [-0.4, -0.2) is 60.2 Å². The van der Waals surface area contributed by atoms with Crippen LogP contribution in [0, 0.1) is 0 Å². The number of rotatable bonds is 7. The Kier molecular flexibility index (Phi) is 7.28. The predicted octanol–water partition coefficient (Wildman–Crippen LogP) is 4.33. The molecular formula is C29H27N3O5. The summed E-state index contributed by atoms with van der Waals surface area (Å²) in [7, 11) is 1.36. The largest absolute Gasteiger partial charge is 0.489 e. The minimum Gasteiger partial charge on any atom is -0.489 e. The van der Waals surface area contributed by atoms with Gasteiger partial charge < -0.3 is 24.1 Å². The van der Waals surface area contributed by atoms with Crippen LogP contribution in [-0.2, 0) is 20.9 Å². The standard InChI is InChI=1S/C29H27N3O5/c1-35-29(34)22-10-6-21(7-11-22)19-37-23-12-8-20(9-13-23)18-24(28(33)32-14-16-36-17-15-32)27-30-25-4-2-3-5-26(25)31-27/h2-13,18H,14-17,19H2,1H3,(H,30,31). The van der Waals surface area contributed by atoms with Crippen LogP contribution in [0.5, 0.6) is 5.75 Å². The van der Waals surface area contributed by atoms with Gasteiger partial charge in [0.05, 0.1) is 42.5 Å². The topological polar surface area (TPSA) is 93.8 Å². The molecule has 188 valence electrons. The van der Waals surface area contributed by atoms with Gasteiger partial charge in [-0.3, -0.25) is 4.79 Å². The number of methoxy groups -OCH3 is 1. The average molecular weight is 498 g/mol. The van der Waals surface area contributed by atoms with Gasteiger partial charge in [0.15, 0.2) is 0 Å². The molecule has 8 heteroatoms. The molecule has 0 atom stereocenters. The van der Waals surface area contributed by atoms with Crippen LogP contribution in [0.2, 0.25) is 0 Å². The Bertz CT molecular complexity index is 1390. The minimum atomic E-state index is -0.370. The van der Waals surface area contributed by atoms with E-state index in [-0.39, 0.29) is 11.9 Å². The van der Waals surface area contributed by atoms with Crippen molar-refractivity contribution in [2.24, 2.45) is 0 Å². The number of aromatic amines is 1. The molecule has 1 amide bonds. The maximum absolute atomic E-state index is 13.5. The fraction of sp³-hybridized carbons (Fsp3) is 0.207. The van der Waals surface area contributed by atoms with Gasteiger partial charge in [-0.05, 0) is 53.6 Å². The van der Waals surface area contributed by atoms with Crippen molar-refractivity contribution in [3.05, 3.63) is 95.3 Å². The van der Waals surface area contributed by atoms with Gasteiger partial charge in [-0.15, -0.1) is 0 Å². The summed E-state index contributed by atoms with van der Waals surface area (Å²) in [5, 5.41) is 0. The highest BCUT2D eigenvalue weighted by Crippen LogP contribution is 2.24. The van der Waals surface area contributed by atoms with Gasteiger partial charge in [-0.1, -0.05) is 36.4 Å². The van der Waals surface area contributed by atoms with Crippen LogP contribution >= 0.6 is 0 Å². The summed E-state index contributed by atoms with van der Waals surface area (Å²) in [6, 6.07) is 22.4. The zero-order chi connectivity index (χ0) is 25.6. The number of aromatic nitrogens is 2. The molecule has 0 bridgehead atoms. The summed E-state index contributed by atoms with van der Waals surface area (Å²) < 4.78 is 16.0. The number of para-hydroxylation sites is 2. The third-order valence-electron chi connectivity index (χ3n) is 6.14. The molecule has 5 rings (SSSR count). The van der Waals surface area contributed by atoms with E-state index in [0.717, 1.165) is 22.2 Å². The van der Waals surface area contributed by atoms with Crippen molar-refractivity contribution in [3.63, 3.8) is 0 Å². The zero-order valence-corrected chi connectivity index (χ0v) is 20.5. The number of morpholine rings is 1.